The van der Waals surface area contributed by atoms with Crippen LogP contribution in [0.15, 0.2) is 329 Å². The average molecular weight is 1840 g/mol. The van der Waals surface area contributed by atoms with E-state index in [1.54, 1.807) is 127 Å². The van der Waals surface area contributed by atoms with Gasteiger partial charge >= 0.3 is 12.4 Å². The van der Waals surface area contributed by atoms with Crippen molar-refractivity contribution < 1.29 is 59.1 Å². The number of aromatic nitrogens is 5. The van der Waals surface area contributed by atoms with Gasteiger partial charge in [0.25, 0.3) is 29.5 Å². The van der Waals surface area contributed by atoms with Crippen molar-refractivity contribution in [2.75, 3.05) is 86.3 Å². The maximum Gasteiger partial charge on any atom is 0.417 e. The lowest BCUT2D eigenvalue weighted by atomic mass is 10.1. The highest BCUT2D eigenvalue weighted by atomic mass is 35.5. The van der Waals surface area contributed by atoms with Crippen LogP contribution < -0.4 is 51.1 Å². The molecule has 0 aliphatic carbocycles. The topological polar surface area (TPSA) is 226 Å². The first-order chi connectivity index (χ1) is 63.5. The molecular formula is C103H87Cl2F8N15O5. The largest absolute Gasteiger partial charge is 0.417 e. The van der Waals surface area contributed by atoms with Gasteiger partial charge in [-0.15, -0.1) is 6.42 Å². The van der Waals surface area contributed by atoms with Crippen LogP contribution in [0.2, 0.25) is 10.0 Å². The van der Waals surface area contributed by atoms with Crippen LogP contribution in [0, 0.1) is 51.7 Å². The van der Waals surface area contributed by atoms with Crippen molar-refractivity contribution in [1.29, 1.82) is 0 Å². The third-order valence-electron chi connectivity index (χ3n) is 20.0. The van der Waals surface area contributed by atoms with Gasteiger partial charge in [0, 0.05) is 156 Å². The molecule has 0 spiro atoms. The fourth-order valence-electron chi connectivity index (χ4n) is 13.0. The summed E-state index contributed by atoms with van der Waals surface area (Å²) in [7, 11) is 8.77. The van der Waals surface area contributed by atoms with Gasteiger partial charge in [0.15, 0.2) is 0 Å². The highest BCUT2D eigenvalue weighted by Gasteiger charge is 2.33. The Kier molecular flexibility index (Phi) is 33.2. The number of alkyl halides is 6. The zero-order valence-corrected chi connectivity index (χ0v) is 74.6. The number of halogens is 10. The van der Waals surface area contributed by atoms with Gasteiger partial charge in [0.05, 0.1) is 86.8 Å². The molecule has 0 atom stereocenters. The smallest absolute Gasteiger partial charge is 0.343 e. The van der Waals surface area contributed by atoms with E-state index in [0.29, 0.717) is 66.8 Å². The van der Waals surface area contributed by atoms with Gasteiger partial charge in [-0.3, -0.25) is 48.9 Å². The molecule has 0 fully saturated rings. The van der Waals surface area contributed by atoms with E-state index in [1.807, 2.05) is 204 Å². The summed E-state index contributed by atoms with van der Waals surface area (Å²) in [6, 6.07) is 76.1. The van der Waals surface area contributed by atoms with Crippen molar-refractivity contribution in [2.45, 2.75) is 40.0 Å². The molecule has 15 aromatic rings. The molecule has 5 aromatic heterocycles. The molecule has 674 valence electrons. The van der Waals surface area contributed by atoms with Crippen LogP contribution in [0.5, 0.6) is 0 Å². The first kappa shape index (κ1) is 97.5. The molecule has 0 unspecified atom stereocenters. The fourth-order valence-corrected chi connectivity index (χ4v) is 13.3. The minimum Gasteiger partial charge on any atom is -0.343 e. The lowest BCUT2D eigenvalue weighted by Crippen LogP contribution is -2.15. The molecule has 30 heteroatoms. The van der Waals surface area contributed by atoms with E-state index in [9.17, 15) is 59.1 Å². The number of carbonyl (C=O) groups excluding carboxylic acids is 5. The second kappa shape index (κ2) is 45.2. The van der Waals surface area contributed by atoms with Gasteiger partial charge in [-0.1, -0.05) is 130 Å². The highest BCUT2D eigenvalue weighted by Crippen LogP contribution is 2.38. The van der Waals surface area contributed by atoms with E-state index < -0.39 is 41.0 Å². The van der Waals surface area contributed by atoms with E-state index in [2.05, 4.69) is 57.4 Å². The van der Waals surface area contributed by atoms with Crippen molar-refractivity contribution in [1.82, 2.24) is 24.9 Å². The highest BCUT2D eigenvalue weighted by molar-refractivity contribution is 6.31. The second-order valence-corrected chi connectivity index (χ2v) is 31.0. The SMILES string of the molecule is C#Cc1cccc(C(=O)Nc2cc(F)cc(N(C)c3cncc(C(F)(F)F)c3)c2)c1.Cc1cccc(C(=O)Nc2cccc(N(C)c3cncc(C(F)(F)F)c3)c2)c1.Cc1cccc(C(=O)Nc2cccc(N(C)c3cncc(Cl)c3)c2)c1.Cc1cccc(C(=O)Nc2cccc(N(C)c3cncc(Cl)c3)c2)c1.Cc1cccc(C(=O)Nc2cccc(N(C)c3cncc(F)c3)c2)c1. The molecular weight excluding hydrogens is 1750 g/mol. The number of rotatable bonds is 20. The zero-order chi connectivity index (χ0) is 95.6. The van der Waals surface area contributed by atoms with Crippen LogP contribution >= 0.6 is 23.2 Å². The summed E-state index contributed by atoms with van der Waals surface area (Å²) in [4.78, 5) is 90.1. The number of carbonyl (C=O) groups is 5. The monoisotopic (exact) mass is 1840 g/mol. The molecule has 5 amide bonds. The van der Waals surface area contributed by atoms with E-state index in [-0.39, 0.29) is 51.9 Å². The minimum absolute atomic E-state index is 0.106. The Morgan fingerprint density at radius 1 is 0.286 bits per heavy atom. The molecule has 0 aliphatic heterocycles. The number of terminal acetylenes is 1. The van der Waals surface area contributed by atoms with E-state index >= 15 is 0 Å². The first-order valence-electron chi connectivity index (χ1n) is 40.7. The van der Waals surface area contributed by atoms with Crippen molar-refractivity contribution in [3.63, 3.8) is 0 Å². The lowest BCUT2D eigenvalue weighted by molar-refractivity contribution is -0.138. The van der Waals surface area contributed by atoms with Gasteiger partial charge in [-0.05, 0) is 210 Å². The summed E-state index contributed by atoms with van der Waals surface area (Å²) in [6.07, 6.45) is 9.79. The van der Waals surface area contributed by atoms with Crippen LogP contribution in [0.1, 0.15) is 90.7 Å². The van der Waals surface area contributed by atoms with Gasteiger partial charge in [0.1, 0.15) is 11.6 Å². The van der Waals surface area contributed by atoms with Gasteiger partial charge < -0.3 is 51.1 Å². The Morgan fingerprint density at radius 2 is 0.549 bits per heavy atom. The summed E-state index contributed by atoms with van der Waals surface area (Å²) >= 11 is 12.0. The van der Waals surface area contributed by atoms with Gasteiger partial charge in [-0.25, -0.2) is 8.78 Å². The number of anilines is 15. The minimum atomic E-state index is -4.56. The molecule has 15 rings (SSSR count). The molecule has 20 nitrogen and oxygen atoms in total. The van der Waals surface area contributed by atoms with Gasteiger partial charge in [-0.2, -0.15) is 26.3 Å². The summed E-state index contributed by atoms with van der Waals surface area (Å²) in [5, 5.41) is 15.3. The normalized spacial score (nSPS) is 10.7. The maximum atomic E-state index is 14.1. The molecule has 5 heterocycles. The third-order valence-corrected chi connectivity index (χ3v) is 20.4. The number of aryl methyl sites for hydroxylation is 4. The number of amides is 5. The Bertz CT molecular complexity index is 6360. The molecule has 133 heavy (non-hydrogen) atoms. The standard InChI is InChI=1S/C22H15F4N3O.C21H18F3N3O.2C20H18ClN3O.C20H18FN3O/c1-3-14-5-4-6-15(7-14)21(30)28-18-9-17(23)10-19(11-18)29(2)20-8-16(12-27-13-20)22(24,25)26;1-14-5-3-6-15(9-14)20(28)26-17-7-4-8-18(11-17)27(2)19-10-16(12-25-13-19)21(22,23)24;3*1-14-5-3-6-15(9-14)20(25)23-17-7-4-8-18(11-17)24(2)19-10-16(21)12-22-13-19/h1,4-13H,2H3,(H,28,30);3-13H,1-2H3,(H,26,28);3*3-13H,1-2H3,(H,23,25). The Balaban J connectivity index is 0.000000160. The number of nitrogens with one attached hydrogen (secondary N) is 5. The zero-order valence-electron chi connectivity index (χ0n) is 73.0. The predicted molar refractivity (Wildman–Crippen MR) is 513 cm³/mol. The van der Waals surface area contributed by atoms with Crippen molar-refractivity contribution in [3.8, 4) is 12.3 Å². The van der Waals surface area contributed by atoms with E-state index in [0.717, 1.165) is 98.7 Å². The van der Waals surface area contributed by atoms with E-state index in [1.165, 1.54) is 42.5 Å². The predicted octanol–water partition coefficient (Wildman–Crippen LogP) is 25.3. The molecule has 0 bridgehead atoms. The van der Waals surface area contributed by atoms with Crippen molar-refractivity contribution in [3.05, 3.63) is 417 Å². The van der Waals surface area contributed by atoms with Crippen LogP contribution in [0.25, 0.3) is 0 Å². The first-order valence-corrected chi connectivity index (χ1v) is 41.4. The van der Waals surface area contributed by atoms with Gasteiger partial charge in [0.2, 0.25) is 0 Å². The Morgan fingerprint density at radius 3 is 0.857 bits per heavy atom. The summed E-state index contributed by atoms with van der Waals surface area (Å²) in [5.74, 6) is 0.150. The number of pyridine rings is 5. The second-order valence-electron chi connectivity index (χ2n) is 30.1. The van der Waals surface area contributed by atoms with Crippen LogP contribution in [-0.2, 0) is 12.4 Å². The quantitative estimate of drug-likeness (QED) is 0.0353. The number of hydrogen-bond donors (Lipinski definition) is 5. The molecule has 0 aliphatic rings. The summed E-state index contributed by atoms with van der Waals surface area (Å²) in [6.45, 7) is 7.77. The Hall–Kier alpha value is -16.1. The third kappa shape index (κ3) is 28.4. The summed E-state index contributed by atoms with van der Waals surface area (Å²) in [5.41, 5.74) is 14.6. The van der Waals surface area contributed by atoms with Crippen LogP contribution in [-0.4, -0.2) is 89.7 Å². The molecule has 10 aromatic carbocycles. The van der Waals surface area contributed by atoms with E-state index in [4.69, 9.17) is 29.6 Å². The fraction of sp³-hybridized carbons (Fsp3) is 0.107. The number of hydrogen-bond acceptors (Lipinski definition) is 15. The summed E-state index contributed by atoms with van der Waals surface area (Å²) < 4.78 is 105. The molecule has 0 radical (unpaired) electrons. The number of nitrogens with zero attached hydrogens (tertiary/aromatic N) is 10. The van der Waals surface area contributed by atoms with Crippen molar-refractivity contribution >= 4 is 138 Å². The van der Waals surface area contributed by atoms with Crippen LogP contribution in [0.3, 0.4) is 0 Å². The molecule has 0 saturated carbocycles. The van der Waals surface area contributed by atoms with Crippen molar-refractivity contribution in [2.24, 2.45) is 0 Å². The molecule has 0 saturated heterocycles. The lowest BCUT2D eigenvalue weighted by Gasteiger charge is -2.21. The van der Waals surface area contributed by atoms with Crippen LogP contribution in [0.4, 0.5) is 120 Å². The number of benzene rings is 10. The average Bonchev–Trinajstić information content (AvgIpc) is 0.832. The molecule has 5 N–H and O–H groups in total. The Labute approximate surface area is 773 Å². The maximum absolute atomic E-state index is 14.1.